The molecule has 0 aliphatic carbocycles. The third-order valence-electron chi connectivity index (χ3n) is 3.03. The van der Waals surface area contributed by atoms with E-state index in [-0.39, 0.29) is 11.3 Å². The van der Waals surface area contributed by atoms with Gasteiger partial charge in [-0.15, -0.1) is 0 Å². The predicted octanol–water partition coefficient (Wildman–Crippen LogP) is 3.16. The topological polar surface area (TPSA) is 72.5 Å². The maximum atomic E-state index is 10.1. The molecule has 3 rings (SSSR count). The summed E-state index contributed by atoms with van der Waals surface area (Å²) in [6.07, 6.45) is 3.78. The zero-order chi connectivity index (χ0) is 12.9. The average molecular weight is 245 g/mol. The summed E-state index contributed by atoms with van der Waals surface area (Å²) < 4.78 is 10.8. The van der Waals surface area contributed by atoms with Crippen LogP contribution in [0.4, 0.5) is 0 Å². The van der Waals surface area contributed by atoms with E-state index in [0.29, 0.717) is 23.0 Å². The fraction of sp³-hybridized carbons (Fsp3) is 0.286. The number of hydrogen-bond acceptors (Lipinski definition) is 4. The van der Waals surface area contributed by atoms with Gasteiger partial charge in [-0.05, 0) is 32.4 Å². The van der Waals surface area contributed by atoms with Crippen LogP contribution < -0.4 is 5.73 Å². The first-order valence-electron chi connectivity index (χ1n) is 5.84. The van der Waals surface area contributed by atoms with Gasteiger partial charge in [0.15, 0.2) is 11.3 Å². The maximum Gasteiger partial charge on any atom is 0.176 e. The highest BCUT2D eigenvalue weighted by atomic mass is 16.4. The number of benzene rings is 1. The Morgan fingerprint density at radius 2 is 1.72 bits per heavy atom. The summed E-state index contributed by atoms with van der Waals surface area (Å²) in [5, 5.41) is 11.6. The van der Waals surface area contributed by atoms with Gasteiger partial charge in [0, 0.05) is 16.5 Å². The molecular weight excluding hydrogens is 230 g/mol. The summed E-state index contributed by atoms with van der Waals surface area (Å²) in [7, 11) is 0. The molecule has 0 bridgehead atoms. The van der Waals surface area contributed by atoms with Crippen molar-refractivity contribution in [3.8, 4) is 5.75 Å². The lowest BCUT2D eigenvalue weighted by molar-refractivity contribution is 0.469. The summed E-state index contributed by atoms with van der Waals surface area (Å²) >= 11 is 0. The van der Waals surface area contributed by atoms with Gasteiger partial charge < -0.3 is 19.7 Å². The Bertz CT molecular complexity index is 664. The summed E-state index contributed by atoms with van der Waals surface area (Å²) in [6, 6.07) is 3.57. The summed E-state index contributed by atoms with van der Waals surface area (Å²) in [5.41, 5.74) is 7.88. The van der Waals surface area contributed by atoms with Gasteiger partial charge in [0.1, 0.15) is 5.58 Å². The van der Waals surface area contributed by atoms with E-state index in [9.17, 15) is 5.11 Å². The van der Waals surface area contributed by atoms with Crippen LogP contribution in [0.2, 0.25) is 0 Å². The molecule has 0 saturated heterocycles. The molecule has 0 radical (unpaired) electrons. The number of nitrogens with two attached hydrogens (primary N) is 1. The van der Waals surface area contributed by atoms with E-state index in [1.54, 1.807) is 18.6 Å². The van der Waals surface area contributed by atoms with Gasteiger partial charge in [0.05, 0.1) is 17.9 Å². The first-order valence-corrected chi connectivity index (χ1v) is 5.84. The smallest absolute Gasteiger partial charge is 0.176 e. The van der Waals surface area contributed by atoms with Crippen LogP contribution in [0.25, 0.3) is 21.9 Å². The van der Waals surface area contributed by atoms with Gasteiger partial charge in [-0.1, -0.05) is 0 Å². The summed E-state index contributed by atoms with van der Waals surface area (Å²) in [4.78, 5) is 0. The second kappa shape index (κ2) is 3.53. The molecule has 0 saturated carbocycles. The van der Waals surface area contributed by atoms with E-state index in [0.717, 1.165) is 10.9 Å². The van der Waals surface area contributed by atoms with Crippen molar-refractivity contribution in [1.29, 1.82) is 0 Å². The lowest BCUT2D eigenvalue weighted by atomic mass is 9.92. The molecular formula is C14H15NO3. The van der Waals surface area contributed by atoms with E-state index >= 15 is 0 Å². The number of fused-ring (bicyclic) bond motifs is 2. The Hall–Kier alpha value is -1.94. The molecule has 2 aromatic heterocycles. The van der Waals surface area contributed by atoms with Crippen LogP contribution in [0.5, 0.6) is 5.75 Å². The Kier molecular flexibility index (Phi) is 2.19. The Morgan fingerprint density at radius 1 is 1.11 bits per heavy atom. The SMILES string of the molecule is CC(C)(N)Cc1c2ccoc2c(O)c2ccoc12. The Labute approximate surface area is 104 Å². The van der Waals surface area contributed by atoms with Crippen LogP contribution in [0, 0.1) is 0 Å². The molecule has 3 N–H and O–H groups in total. The Morgan fingerprint density at radius 3 is 2.39 bits per heavy atom. The van der Waals surface area contributed by atoms with Crippen LogP contribution in [0.3, 0.4) is 0 Å². The van der Waals surface area contributed by atoms with Gasteiger partial charge in [-0.3, -0.25) is 0 Å². The van der Waals surface area contributed by atoms with Crippen LogP contribution in [-0.4, -0.2) is 10.6 Å². The molecule has 4 nitrogen and oxygen atoms in total. The van der Waals surface area contributed by atoms with E-state index < -0.39 is 0 Å². The third-order valence-corrected chi connectivity index (χ3v) is 3.03. The standard InChI is InChI=1S/C14H15NO3/c1-14(2,15)7-10-8-3-5-18-13(8)11(16)9-4-6-17-12(9)10/h3-6,16H,7,15H2,1-2H3. The van der Waals surface area contributed by atoms with E-state index in [1.165, 1.54) is 0 Å². The van der Waals surface area contributed by atoms with Gasteiger partial charge in [-0.2, -0.15) is 0 Å². The van der Waals surface area contributed by atoms with Gasteiger partial charge in [0.25, 0.3) is 0 Å². The van der Waals surface area contributed by atoms with E-state index in [1.807, 2.05) is 19.9 Å². The van der Waals surface area contributed by atoms with Crippen molar-refractivity contribution in [3.63, 3.8) is 0 Å². The number of hydrogen-bond donors (Lipinski definition) is 2. The molecule has 1 aromatic carbocycles. The van der Waals surface area contributed by atoms with E-state index in [4.69, 9.17) is 14.6 Å². The highest BCUT2D eigenvalue weighted by molar-refractivity contribution is 6.03. The van der Waals surface area contributed by atoms with E-state index in [2.05, 4.69) is 0 Å². The molecule has 0 aliphatic heterocycles. The summed E-state index contributed by atoms with van der Waals surface area (Å²) in [6.45, 7) is 3.92. The highest BCUT2D eigenvalue weighted by Gasteiger charge is 2.22. The minimum Gasteiger partial charge on any atom is -0.504 e. The van der Waals surface area contributed by atoms with Crippen molar-refractivity contribution in [2.24, 2.45) is 5.73 Å². The van der Waals surface area contributed by atoms with Crippen molar-refractivity contribution < 1.29 is 13.9 Å². The van der Waals surface area contributed by atoms with Crippen molar-refractivity contribution in [1.82, 2.24) is 0 Å². The molecule has 0 amide bonds. The Balaban J connectivity index is 2.40. The number of aromatic hydroxyl groups is 1. The van der Waals surface area contributed by atoms with Gasteiger partial charge in [0.2, 0.25) is 0 Å². The zero-order valence-electron chi connectivity index (χ0n) is 10.4. The first-order chi connectivity index (χ1) is 8.47. The fourth-order valence-electron chi connectivity index (χ4n) is 2.34. The quantitative estimate of drug-likeness (QED) is 0.727. The molecule has 2 heterocycles. The molecule has 0 fully saturated rings. The maximum absolute atomic E-state index is 10.1. The fourth-order valence-corrected chi connectivity index (χ4v) is 2.34. The van der Waals surface area contributed by atoms with Crippen molar-refractivity contribution >= 4 is 21.9 Å². The summed E-state index contributed by atoms with van der Waals surface area (Å²) in [5.74, 6) is 0.123. The van der Waals surface area contributed by atoms with Crippen molar-refractivity contribution in [3.05, 3.63) is 30.2 Å². The number of phenols is 1. The number of rotatable bonds is 2. The van der Waals surface area contributed by atoms with Crippen LogP contribution >= 0.6 is 0 Å². The second-order valence-corrected chi connectivity index (χ2v) is 5.32. The van der Waals surface area contributed by atoms with Crippen LogP contribution in [0.1, 0.15) is 19.4 Å². The minimum atomic E-state index is -0.360. The third kappa shape index (κ3) is 1.57. The number of furan rings is 2. The minimum absolute atomic E-state index is 0.123. The van der Waals surface area contributed by atoms with Gasteiger partial charge in [-0.25, -0.2) is 0 Å². The lowest BCUT2D eigenvalue weighted by Gasteiger charge is -2.19. The van der Waals surface area contributed by atoms with Crippen LogP contribution in [0.15, 0.2) is 33.5 Å². The lowest BCUT2D eigenvalue weighted by Crippen LogP contribution is -2.34. The molecule has 4 heteroatoms. The molecule has 3 aromatic rings. The van der Waals surface area contributed by atoms with Crippen LogP contribution in [-0.2, 0) is 6.42 Å². The zero-order valence-corrected chi connectivity index (χ0v) is 10.4. The highest BCUT2D eigenvalue weighted by Crippen LogP contribution is 2.39. The normalized spacial score (nSPS) is 12.6. The largest absolute Gasteiger partial charge is 0.504 e. The molecule has 94 valence electrons. The predicted molar refractivity (Wildman–Crippen MR) is 69.6 cm³/mol. The molecule has 0 spiro atoms. The van der Waals surface area contributed by atoms with Crippen molar-refractivity contribution in [2.75, 3.05) is 0 Å². The monoisotopic (exact) mass is 245 g/mol. The first kappa shape index (κ1) is 11.2. The average Bonchev–Trinajstić information content (AvgIpc) is 2.91. The molecule has 0 atom stereocenters. The second-order valence-electron chi connectivity index (χ2n) is 5.32. The molecule has 0 aliphatic rings. The molecule has 0 unspecified atom stereocenters. The van der Waals surface area contributed by atoms with Crippen molar-refractivity contribution in [2.45, 2.75) is 25.8 Å². The molecule has 18 heavy (non-hydrogen) atoms. The number of phenolic OH excluding ortho intramolecular Hbond substituents is 1. The van der Waals surface area contributed by atoms with Gasteiger partial charge >= 0.3 is 0 Å².